The Balaban J connectivity index is 1.54. The van der Waals surface area contributed by atoms with Crippen molar-refractivity contribution in [1.29, 1.82) is 0 Å². The monoisotopic (exact) mass is 546 g/mol. The molecule has 1 aliphatic heterocycles. The highest BCUT2D eigenvalue weighted by Crippen LogP contribution is 2.25. The Bertz CT molecular complexity index is 1340. The molecule has 40 heavy (non-hydrogen) atoms. The number of halogens is 1. The molecule has 2 aromatic carbocycles. The molecule has 4 rings (SSSR count). The standard InChI is InChI=1S/C31H35FN4O4/c1-31(2,3)40-30(39)35-25(16-22-11-6-7-14-26(22)32)18-28(37)36-20-23-12-5-4-10-21(23)17-27(36)29(38)34-19-24-13-8-9-15-33-24/h4-15,25,27H,16-20H2,1-3H3,(H,34,38)(H,35,39)/t25-,27+/m1/s1. The van der Waals surface area contributed by atoms with E-state index in [4.69, 9.17) is 4.74 Å². The number of pyridine rings is 1. The third-order valence-corrected chi connectivity index (χ3v) is 6.61. The van der Waals surface area contributed by atoms with Crippen molar-refractivity contribution in [2.45, 2.75) is 70.8 Å². The summed E-state index contributed by atoms with van der Waals surface area (Å²) in [5.74, 6) is -1.05. The van der Waals surface area contributed by atoms with Gasteiger partial charge < -0.3 is 20.3 Å². The zero-order valence-corrected chi connectivity index (χ0v) is 23.0. The number of nitrogens with one attached hydrogen (secondary N) is 2. The Labute approximate surface area is 233 Å². The van der Waals surface area contributed by atoms with E-state index in [9.17, 15) is 18.8 Å². The SMILES string of the molecule is CC(C)(C)OC(=O)N[C@@H](CC(=O)N1Cc2ccccc2C[C@H]1C(=O)NCc1ccccn1)Cc1ccccc1F. The van der Waals surface area contributed by atoms with Gasteiger partial charge in [0, 0.05) is 31.6 Å². The number of alkyl carbamates (subject to hydrolysis) is 1. The van der Waals surface area contributed by atoms with Crippen LogP contribution in [0.25, 0.3) is 0 Å². The first-order valence-electron chi connectivity index (χ1n) is 13.4. The molecular weight excluding hydrogens is 511 g/mol. The number of carbonyl (C=O) groups is 3. The van der Waals surface area contributed by atoms with Gasteiger partial charge in [-0.25, -0.2) is 9.18 Å². The Morgan fingerprint density at radius 2 is 1.73 bits per heavy atom. The van der Waals surface area contributed by atoms with E-state index < -0.39 is 29.6 Å². The number of rotatable bonds is 8. The van der Waals surface area contributed by atoms with E-state index in [-0.39, 0.29) is 37.7 Å². The molecule has 0 saturated carbocycles. The van der Waals surface area contributed by atoms with E-state index in [0.717, 1.165) is 11.1 Å². The summed E-state index contributed by atoms with van der Waals surface area (Å²) in [6.45, 7) is 5.69. The summed E-state index contributed by atoms with van der Waals surface area (Å²) in [4.78, 5) is 45.6. The third-order valence-electron chi connectivity index (χ3n) is 6.61. The summed E-state index contributed by atoms with van der Waals surface area (Å²) < 4.78 is 19.9. The Hall–Kier alpha value is -4.27. The molecule has 0 radical (unpaired) electrons. The fourth-order valence-corrected chi connectivity index (χ4v) is 4.72. The largest absolute Gasteiger partial charge is 0.444 e. The van der Waals surface area contributed by atoms with Crippen LogP contribution in [-0.2, 0) is 40.3 Å². The molecule has 0 spiro atoms. The van der Waals surface area contributed by atoms with Crippen LogP contribution in [0.5, 0.6) is 0 Å². The molecule has 0 fully saturated rings. The van der Waals surface area contributed by atoms with Crippen molar-refractivity contribution in [2.24, 2.45) is 0 Å². The van der Waals surface area contributed by atoms with Crippen molar-refractivity contribution in [2.75, 3.05) is 0 Å². The van der Waals surface area contributed by atoms with Gasteiger partial charge in [-0.05, 0) is 62.1 Å². The summed E-state index contributed by atoms with van der Waals surface area (Å²) in [6.07, 6.45) is 1.25. The molecule has 1 aliphatic rings. The lowest BCUT2D eigenvalue weighted by Crippen LogP contribution is -2.54. The summed E-state index contributed by atoms with van der Waals surface area (Å²) in [5.41, 5.74) is 2.28. The topological polar surface area (TPSA) is 101 Å². The van der Waals surface area contributed by atoms with Gasteiger partial charge in [0.1, 0.15) is 17.5 Å². The molecule has 3 amide bonds. The number of benzene rings is 2. The van der Waals surface area contributed by atoms with Crippen LogP contribution in [0.3, 0.4) is 0 Å². The molecule has 0 unspecified atom stereocenters. The highest BCUT2D eigenvalue weighted by Gasteiger charge is 2.35. The lowest BCUT2D eigenvalue weighted by atomic mass is 9.92. The molecule has 1 aromatic heterocycles. The first-order valence-corrected chi connectivity index (χ1v) is 13.4. The zero-order chi connectivity index (χ0) is 28.7. The normalized spacial score (nSPS) is 15.5. The van der Waals surface area contributed by atoms with Gasteiger partial charge in [0.05, 0.1) is 12.2 Å². The molecule has 0 saturated heterocycles. The van der Waals surface area contributed by atoms with E-state index in [2.05, 4.69) is 15.6 Å². The number of nitrogens with zero attached hydrogens (tertiary/aromatic N) is 2. The zero-order valence-electron chi connectivity index (χ0n) is 23.0. The first-order chi connectivity index (χ1) is 19.1. The van der Waals surface area contributed by atoms with Crippen LogP contribution in [0.2, 0.25) is 0 Å². The fraction of sp³-hybridized carbons (Fsp3) is 0.355. The average molecular weight is 547 g/mol. The molecule has 2 N–H and O–H groups in total. The van der Waals surface area contributed by atoms with Gasteiger partial charge in [-0.1, -0.05) is 48.5 Å². The maximum absolute atomic E-state index is 14.5. The number of hydrogen-bond acceptors (Lipinski definition) is 5. The number of aromatic nitrogens is 1. The van der Waals surface area contributed by atoms with Gasteiger partial charge >= 0.3 is 6.09 Å². The van der Waals surface area contributed by atoms with E-state index in [1.807, 2.05) is 36.4 Å². The van der Waals surface area contributed by atoms with E-state index >= 15 is 0 Å². The van der Waals surface area contributed by atoms with E-state index in [1.54, 1.807) is 56.1 Å². The highest BCUT2D eigenvalue weighted by atomic mass is 19.1. The fourth-order valence-electron chi connectivity index (χ4n) is 4.72. The summed E-state index contributed by atoms with van der Waals surface area (Å²) >= 11 is 0. The van der Waals surface area contributed by atoms with Gasteiger partial charge in [0.25, 0.3) is 0 Å². The first kappa shape index (κ1) is 28.7. The Morgan fingerprint density at radius 1 is 1.02 bits per heavy atom. The lowest BCUT2D eigenvalue weighted by Gasteiger charge is -2.37. The number of hydrogen-bond donors (Lipinski definition) is 2. The lowest BCUT2D eigenvalue weighted by molar-refractivity contribution is -0.142. The van der Waals surface area contributed by atoms with Crippen LogP contribution < -0.4 is 10.6 Å². The molecule has 9 heteroatoms. The van der Waals surface area contributed by atoms with Crippen molar-refractivity contribution in [3.05, 3.63) is 101 Å². The molecule has 8 nitrogen and oxygen atoms in total. The molecule has 2 atom stereocenters. The average Bonchev–Trinajstić information content (AvgIpc) is 2.91. The van der Waals surface area contributed by atoms with Crippen LogP contribution >= 0.6 is 0 Å². The Morgan fingerprint density at radius 3 is 2.42 bits per heavy atom. The smallest absolute Gasteiger partial charge is 0.407 e. The molecular formula is C31H35FN4O4. The second-order valence-electron chi connectivity index (χ2n) is 10.9. The second kappa shape index (κ2) is 12.7. The Kier molecular flexibility index (Phi) is 9.14. The van der Waals surface area contributed by atoms with Crippen molar-refractivity contribution in [3.8, 4) is 0 Å². The minimum Gasteiger partial charge on any atom is -0.444 e. The van der Waals surface area contributed by atoms with E-state index in [0.29, 0.717) is 17.7 Å². The van der Waals surface area contributed by atoms with Crippen LogP contribution in [0.1, 0.15) is 49.6 Å². The predicted octanol–water partition coefficient (Wildman–Crippen LogP) is 4.32. The van der Waals surface area contributed by atoms with Crippen LogP contribution in [0.15, 0.2) is 72.9 Å². The quantitative estimate of drug-likeness (QED) is 0.439. The van der Waals surface area contributed by atoms with Crippen molar-refractivity contribution < 1.29 is 23.5 Å². The van der Waals surface area contributed by atoms with E-state index in [1.165, 1.54) is 6.07 Å². The summed E-state index contributed by atoms with van der Waals surface area (Å²) in [7, 11) is 0. The van der Waals surface area contributed by atoms with Crippen molar-refractivity contribution in [3.63, 3.8) is 0 Å². The molecule has 3 aromatic rings. The highest BCUT2D eigenvalue weighted by molar-refractivity contribution is 5.89. The number of carbonyl (C=O) groups excluding carboxylic acids is 3. The maximum Gasteiger partial charge on any atom is 0.407 e. The van der Waals surface area contributed by atoms with Crippen LogP contribution in [0, 0.1) is 5.82 Å². The van der Waals surface area contributed by atoms with Gasteiger partial charge in [-0.15, -0.1) is 0 Å². The van der Waals surface area contributed by atoms with Crippen molar-refractivity contribution in [1.82, 2.24) is 20.5 Å². The molecule has 2 heterocycles. The van der Waals surface area contributed by atoms with Gasteiger partial charge in [-0.2, -0.15) is 0 Å². The van der Waals surface area contributed by atoms with Crippen molar-refractivity contribution >= 4 is 17.9 Å². The minimum absolute atomic E-state index is 0.0820. The van der Waals surface area contributed by atoms with Gasteiger partial charge in [0.2, 0.25) is 11.8 Å². The predicted molar refractivity (Wildman–Crippen MR) is 148 cm³/mol. The number of fused-ring (bicyclic) bond motifs is 1. The maximum atomic E-state index is 14.5. The van der Waals surface area contributed by atoms with Gasteiger partial charge in [0.15, 0.2) is 0 Å². The third kappa shape index (κ3) is 7.88. The van der Waals surface area contributed by atoms with Gasteiger partial charge in [-0.3, -0.25) is 14.6 Å². The minimum atomic E-state index is -0.756. The molecule has 0 aliphatic carbocycles. The second-order valence-corrected chi connectivity index (χ2v) is 10.9. The molecule has 0 bridgehead atoms. The van der Waals surface area contributed by atoms with Crippen LogP contribution in [0.4, 0.5) is 9.18 Å². The number of amides is 3. The number of ether oxygens (including phenoxy) is 1. The summed E-state index contributed by atoms with van der Waals surface area (Å²) in [5, 5.41) is 5.65. The summed E-state index contributed by atoms with van der Waals surface area (Å²) in [6, 6.07) is 17.9. The molecule has 210 valence electrons. The van der Waals surface area contributed by atoms with Crippen LogP contribution in [-0.4, -0.2) is 45.5 Å².